The van der Waals surface area contributed by atoms with Crippen LogP contribution in [0, 0.1) is 6.92 Å². The predicted molar refractivity (Wildman–Crippen MR) is 89.7 cm³/mol. The van der Waals surface area contributed by atoms with E-state index in [-0.39, 0.29) is 17.6 Å². The average molecular weight is 334 g/mol. The number of benzene rings is 2. The van der Waals surface area contributed by atoms with Crippen LogP contribution in [-0.2, 0) is 19.0 Å². The van der Waals surface area contributed by atoms with Crippen LogP contribution < -0.4 is 0 Å². The minimum absolute atomic E-state index is 0.0362. The standard InChI is InChI=1S/C18H22O4S/c1-14(2)22-18(16-7-5-4-6-8-16)13-21-23(19,20)17-11-9-15(3)10-12-17/h4-12,14,18H,13H2,1-3H3. The highest BCUT2D eigenvalue weighted by Crippen LogP contribution is 2.22. The van der Waals surface area contributed by atoms with Gasteiger partial charge in [0.25, 0.3) is 10.1 Å². The van der Waals surface area contributed by atoms with Gasteiger partial charge in [0, 0.05) is 0 Å². The fourth-order valence-electron chi connectivity index (χ4n) is 2.13. The first-order valence-electron chi connectivity index (χ1n) is 7.55. The monoisotopic (exact) mass is 334 g/mol. The van der Waals surface area contributed by atoms with Crippen molar-refractivity contribution in [2.75, 3.05) is 6.61 Å². The molecule has 0 bridgehead atoms. The van der Waals surface area contributed by atoms with E-state index in [1.807, 2.05) is 51.1 Å². The van der Waals surface area contributed by atoms with Gasteiger partial charge in [-0.3, -0.25) is 4.18 Å². The third-order valence-corrected chi connectivity index (χ3v) is 4.59. The molecule has 0 fully saturated rings. The number of aryl methyl sites for hydroxylation is 1. The lowest BCUT2D eigenvalue weighted by Crippen LogP contribution is -2.19. The molecule has 2 aromatic rings. The molecule has 0 spiro atoms. The normalized spacial score (nSPS) is 13.2. The van der Waals surface area contributed by atoms with E-state index in [0.717, 1.165) is 11.1 Å². The van der Waals surface area contributed by atoms with Crippen molar-refractivity contribution in [3.8, 4) is 0 Å². The minimum Gasteiger partial charge on any atom is -0.368 e. The Bertz CT molecular complexity index is 706. The Morgan fingerprint density at radius 1 is 0.957 bits per heavy atom. The van der Waals surface area contributed by atoms with Gasteiger partial charge in [-0.2, -0.15) is 8.42 Å². The molecule has 0 aliphatic heterocycles. The molecule has 4 nitrogen and oxygen atoms in total. The molecule has 0 heterocycles. The van der Waals surface area contributed by atoms with E-state index < -0.39 is 16.2 Å². The topological polar surface area (TPSA) is 52.6 Å². The molecule has 0 aromatic heterocycles. The molecule has 0 saturated carbocycles. The Balaban J connectivity index is 2.12. The van der Waals surface area contributed by atoms with E-state index in [9.17, 15) is 8.42 Å². The van der Waals surface area contributed by atoms with Crippen molar-refractivity contribution in [1.82, 2.24) is 0 Å². The minimum atomic E-state index is -3.80. The Hall–Kier alpha value is -1.69. The highest BCUT2D eigenvalue weighted by molar-refractivity contribution is 7.86. The first kappa shape index (κ1) is 17.7. The van der Waals surface area contributed by atoms with Crippen LogP contribution in [-0.4, -0.2) is 21.1 Å². The summed E-state index contributed by atoms with van der Waals surface area (Å²) in [7, 11) is -3.80. The molecule has 2 rings (SSSR count). The zero-order valence-electron chi connectivity index (χ0n) is 13.6. The van der Waals surface area contributed by atoms with Crippen LogP contribution in [0.5, 0.6) is 0 Å². The largest absolute Gasteiger partial charge is 0.368 e. The van der Waals surface area contributed by atoms with Crippen molar-refractivity contribution < 1.29 is 17.3 Å². The van der Waals surface area contributed by atoms with Crippen molar-refractivity contribution >= 4 is 10.1 Å². The maximum Gasteiger partial charge on any atom is 0.297 e. The molecular weight excluding hydrogens is 312 g/mol. The number of rotatable bonds is 7. The van der Waals surface area contributed by atoms with Gasteiger partial charge < -0.3 is 4.74 Å². The lowest BCUT2D eigenvalue weighted by molar-refractivity contribution is -0.0177. The molecule has 0 amide bonds. The zero-order valence-corrected chi connectivity index (χ0v) is 14.4. The fourth-order valence-corrected chi connectivity index (χ4v) is 3.04. The van der Waals surface area contributed by atoms with Crippen LogP contribution in [0.4, 0.5) is 0 Å². The second kappa shape index (κ2) is 7.73. The summed E-state index contributed by atoms with van der Waals surface area (Å²) in [4.78, 5) is 0.152. The second-order valence-corrected chi connectivity index (χ2v) is 7.25. The smallest absolute Gasteiger partial charge is 0.297 e. The lowest BCUT2D eigenvalue weighted by Gasteiger charge is -2.20. The van der Waals surface area contributed by atoms with E-state index in [0.29, 0.717) is 0 Å². The summed E-state index contributed by atoms with van der Waals surface area (Å²) in [6.07, 6.45) is -0.470. The summed E-state index contributed by atoms with van der Waals surface area (Å²) in [5.41, 5.74) is 1.88. The summed E-state index contributed by atoms with van der Waals surface area (Å²) in [6, 6.07) is 16.1. The molecule has 1 atom stereocenters. The van der Waals surface area contributed by atoms with Crippen LogP contribution in [0.1, 0.15) is 31.1 Å². The summed E-state index contributed by atoms with van der Waals surface area (Å²) in [6.45, 7) is 5.66. The van der Waals surface area contributed by atoms with Gasteiger partial charge in [-0.05, 0) is 38.5 Å². The molecule has 0 aliphatic carbocycles. The average Bonchev–Trinajstić information content (AvgIpc) is 2.52. The third kappa shape index (κ3) is 5.16. The molecule has 0 radical (unpaired) electrons. The van der Waals surface area contributed by atoms with Gasteiger partial charge in [0.1, 0.15) is 6.10 Å². The van der Waals surface area contributed by atoms with Crippen LogP contribution >= 0.6 is 0 Å². The van der Waals surface area contributed by atoms with E-state index in [1.165, 1.54) is 0 Å². The van der Waals surface area contributed by atoms with Gasteiger partial charge in [0.2, 0.25) is 0 Å². The summed E-state index contributed by atoms with van der Waals surface area (Å²) < 4.78 is 35.6. The summed E-state index contributed by atoms with van der Waals surface area (Å²) in [5, 5.41) is 0. The quantitative estimate of drug-likeness (QED) is 0.721. The maximum absolute atomic E-state index is 12.3. The highest BCUT2D eigenvalue weighted by Gasteiger charge is 2.20. The number of ether oxygens (including phenoxy) is 1. The van der Waals surface area contributed by atoms with Crippen molar-refractivity contribution in [3.05, 3.63) is 65.7 Å². The van der Waals surface area contributed by atoms with Crippen molar-refractivity contribution in [2.45, 2.75) is 37.9 Å². The Labute approximate surface area is 138 Å². The Kier molecular flexibility index (Phi) is 5.93. The number of hydrogen-bond acceptors (Lipinski definition) is 4. The molecule has 23 heavy (non-hydrogen) atoms. The fraction of sp³-hybridized carbons (Fsp3) is 0.333. The van der Waals surface area contributed by atoms with Crippen molar-refractivity contribution in [3.63, 3.8) is 0 Å². The van der Waals surface area contributed by atoms with Gasteiger partial charge >= 0.3 is 0 Å². The molecular formula is C18H22O4S. The highest BCUT2D eigenvalue weighted by atomic mass is 32.2. The van der Waals surface area contributed by atoms with Gasteiger partial charge in [0.05, 0.1) is 17.6 Å². The van der Waals surface area contributed by atoms with E-state index >= 15 is 0 Å². The van der Waals surface area contributed by atoms with E-state index in [1.54, 1.807) is 24.3 Å². The van der Waals surface area contributed by atoms with Crippen LogP contribution in [0.25, 0.3) is 0 Å². The van der Waals surface area contributed by atoms with E-state index in [2.05, 4.69) is 0 Å². The zero-order chi connectivity index (χ0) is 16.9. The Morgan fingerprint density at radius 3 is 2.13 bits per heavy atom. The van der Waals surface area contributed by atoms with Crippen molar-refractivity contribution in [2.24, 2.45) is 0 Å². The molecule has 0 N–H and O–H groups in total. The van der Waals surface area contributed by atoms with Crippen LogP contribution in [0.2, 0.25) is 0 Å². The molecule has 1 unspecified atom stereocenters. The Morgan fingerprint density at radius 2 is 1.57 bits per heavy atom. The lowest BCUT2D eigenvalue weighted by atomic mass is 10.1. The summed E-state index contributed by atoms with van der Waals surface area (Å²) >= 11 is 0. The first-order chi connectivity index (χ1) is 10.9. The summed E-state index contributed by atoms with van der Waals surface area (Å²) in [5.74, 6) is 0. The number of hydrogen-bond donors (Lipinski definition) is 0. The van der Waals surface area contributed by atoms with Crippen LogP contribution in [0.15, 0.2) is 59.5 Å². The molecule has 0 saturated heterocycles. The predicted octanol–water partition coefficient (Wildman–Crippen LogP) is 3.87. The van der Waals surface area contributed by atoms with Gasteiger partial charge in [-0.1, -0.05) is 48.0 Å². The van der Waals surface area contributed by atoms with E-state index in [4.69, 9.17) is 8.92 Å². The SMILES string of the molecule is Cc1ccc(S(=O)(=O)OCC(OC(C)C)c2ccccc2)cc1. The second-order valence-electron chi connectivity index (χ2n) is 5.64. The molecule has 0 aliphatic rings. The first-order valence-corrected chi connectivity index (χ1v) is 8.96. The third-order valence-electron chi connectivity index (χ3n) is 3.29. The molecule has 2 aromatic carbocycles. The van der Waals surface area contributed by atoms with Crippen molar-refractivity contribution in [1.29, 1.82) is 0 Å². The molecule has 5 heteroatoms. The van der Waals surface area contributed by atoms with Gasteiger partial charge in [-0.25, -0.2) is 0 Å². The molecule has 124 valence electrons. The van der Waals surface area contributed by atoms with Gasteiger partial charge in [0.15, 0.2) is 0 Å². The maximum atomic E-state index is 12.3. The van der Waals surface area contributed by atoms with Crippen LogP contribution in [0.3, 0.4) is 0 Å². The van der Waals surface area contributed by atoms with Gasteiger partial charge in [-0.15, -0.1) is 0 Å².